The highest BCUT2D eigenvalue weighted by molar-refractivity contribution is 5.93. The van der Waals surface area contributed by atoms with Crippen molar-refractivity contribution in [3.63, 3.8) is 0 Å². The van der Waals surface area contributed by atoms with Gasteiger partial charge in [0.15, 0.2) is 17.4 Å². The first-order chi connectivity index (χ1) is 16.5. The van der Waals surface area contributed by atoms with Crippen molar-refractivity contribution in [3.05, 3.63) is 40.7 Å². The third-order valence-corrected chi connectivity index (χ3v) is 4.20. The summed E-state index contributed by atoms with van der Waals surface area (Å²) in [7, 11) is 3.04. The number of benzene rings is 1. The minimum Gasteiger partial charge on any atom is -0.462 e. The number of alkyl halides is 9. The van der Waals surface area contributed by atoms with E-state index in [4.69, 9.17) is 0 Å². The molecule has 0 heterocycles. The van der Waals surface area contributed by atoms with E-state index in [9.17, 15) is 70.7 Å². The summed E-state index contributed by atoms with van der Waals surface area (Å²) in [6, 6.07) is -3.95. The predicted molar refractivity (Wildman–Crippen MR) is 90.5 cm³/mol. The number of nitrogens with zero attached hydrogens (tertiary/aromatic N) is 1. The highest BCUT2D eigenvalue weighted by atomic mass is 19.4. The average molecular weight is 575 g/mol. The summed E-state index contributed by atoms with van der Waals surface area (Å²) in [5.41, 5.74) is -2.28. The van der Waals surface area contributed by atoms with E-state index in [1.54, 1.807) is 0 Å². The Morgan fingerprint density at radius 3 is 1.73 bits per heavy atom. The van der Waals surface area contributed by atoms with Crippen LogP contribution < -0.4 is 4.74 Å². The lowest BCUT2D eigenvalue weighted by Gasteiger charge is -2.32. The van der Waals surface area contributed by atoms with Crippen molar-refractivity contribution < 1.29 is 80.1 Å². The van der Waals surface area contributed by atoms with Gasteiger partial charge in [-0.05, 0) is 20.5 Å². The van der Waals surface area contributed by atoms with Crippen molar-refractivity contribution in [2.24, 2.45) is 0 Å². The van der Waals surface area contributed by atoms with Gasteiger partial charge in [0.25, 0.3) is 0 Å². The molecular weight excluding hydrogens is 563 g/mol. The largest absolute Gasteiger partial charge is 0.462 e. The lowest BCUT2D eigenvalue weighted by Crippen LogP contribution is -2.61. The van der Waals surface area contributed by atoms with Gasteiger partial charge in [-0.1, -0.05) is 0 Å². The summed E-state index contributed by atoms with van der Waals surface area (Å²) in [5, 5.41) is 0. The van der Waals surface area contributed by atoms with Crippen LogP contribution in [0.2, 0.25) is 0 Å². The Morgan fingerprint density at radius 1 is 0.784 bits per heavy atom. The molecule has 1 aromatic rings. The minimum atomic E-state index is -7.75. The number of allylic oxidation sites excluding steroid dienone is 1. The van der Waals surface area contributed by atoms with Gasteiger partial charge in [-0.15, -0.1) is 0 Å². The SMILES string of the molecule is CN(C)CCCOC(=O)c1c(F)c(F)c(F)c(F)c1OC(F)=C(F)C(F)(F)C(F)(F)C(F)(F)C(F)(F)F. The maximum Gasteiger partial charge on any atom is 0.460 e. The van der Waals surface area contributed by atoms with E-state index >= 15 is 0 Å². The van der Waals surface area contributed by atoms with Gasteiger partial charge in [-0.3, -0.25) is 0 Å². The molecule has 0 amide bonds. The van der Waals surface area contributed by atoms with Gasteiger partial charge < -0.3 is 14.4 Å². The van der Waals surface area contributed by atoms with E-state index < -0.39 is 82.9 Å². The smallest absolute Gasteiger partial charge is 0.460 e. The van der Waals surface area contributed by atoms with E-state index in [-0.39, 0.29) is 13.0 Å². The molecule has 37 heavy (non-hydrogen) atoms. The minimum absolute atomic E-state index is 0.0691. The molecule has 0 N–H and O–H groups in total. The number of hydrogen-bond donors (Lipinski definition) is 0. The van der Waals surface area contributed by atoms with Crippen LogP contribution in [0.3, 0.4) is 0 Å². The molecule has 4 nitrogen and oxygen atoms in total. The summed E-state index contributed by atoms with van der Waals surface area (Å²) in [6.07, 6.45) is -7.50. The predicted octanol–water partition coefficient (Wildman–Crippen LogP) is 6.31. The number of hydrogen-bond acceptors (Lipinski definition) is 4. The lowest BCUT2D eigenvalue weighted by molar-refractivity contribution is -0.392. The second-order valence-corrected chi connectivity index (χ2v) is 7.16. The molecule has 0 atom stereocenters. The fourth-order valence-corrected chi connectivity index (χ4v) is 2.28. The zero-order chi connectivity index (χ0) is 29.3. The van der Waals surface area contributed by atoms with Crippen LogP contribution in [0.5, 0.6) is 5.75 Å². The summed E-state index contributed by atoms with van der Waals surface area (Å²) in [6.45, 7) is -0.528. The highest BCUT2D eigenvalue weighted by Gasteiger charge is 2.83. The molecule has 0 aliphatic heterocycles. The molecule has 0 radical (unpaired) electrons. The van der Waals surface area contributed by atoms with E-state index in [2.05, 4.69) is 9.47 Å². The molecule has 212 valence electrons. The molecule has 0 bridgehead atoms. The van der Waals surface area contributed by atoms with Crippen LogP contribution in [-0.4, -0.2) is 62.1 Å². The lowest BCUT2D eigenvalue weighted by atomic mass is 10.0. The van der Waals surface area contributed by atoms with Crippen LogP contribution >= 0.6 is 0 Å². The summed E-state index contributed by atoms with van der Waals surface area (Å²) >= 11 is 0. The van der Waals surface area contributed by atoms with Crippen LogP contribution in [0, 0.1) is 23.3 Å². The van der Waals surface area contributed by atoms with E-state index in [1.165, 1.54) is 19.0 Å². The third kappa shape index (κ3) is 6.01. The van der Waals surface area contributed by atoms with Gasteiger partial charge in [0.05, 0.1) is 6.61 Å². The summed E-state index contributed by atoms with van der Waals surface area (Å²) in [4.78, 5) is 13.5. The first-order valence-electron chi connectivity index (χ1n) is 9.15. The molecule has 1 rings (SSSR count). The standard InChI is InChI=1S/C18H12F15NO3/c1-34(2)4-3-5-36-14(35)6-7(19)8(20)9(21)10(22)11(6)37-13(24)12(23)15(25,26)16(27,28)17(29,30)18(31,32)33/h3-5H2,1-2H3. The fraction of sp³-hybridized carbons (Fsp3) is 0.500. The molecular formula is C18H12F15NO3. The van der Waals surface area contributed by atoms with Gasteiger partial charge in [0.1, 0.15) is 5.56 Å². The summed E-state index contributed by atoms with van der Waals surface area (Å²) < 4.78 is 206. The normalized spacial score (nSPS) is 14.1. The van der Waals surface area contributed by atoms with Crippen LogP contribution in [0.25, 0.3) is 0 Å². The topological polar surface area (TPSA) is 38.8 Å². The van der Waals surface area contributed by atoms with Crippen LogP contribution in [0.4, 0.5) is 65.9 Å². The molecule has 0 fully saturated rings. The second-order valence-electron chi connectivity index (χ2n) is 7.16. The van der Waals surface area contributed by atoms with Crippen LogP contribution in [-0.2, 0) is 4.74 Å². The zero-order valence-corrected chi connectivity index (χ0v) is 18.0. The highest BCUT2D eigenvalue weighted by Crippen LogP contribution is 2.56. The number of carbonyl (C=O) groups excluding carboxylic acids is 1. The monoisotopic (exact) mass is 575 g/mol. The molecule has 0 spiro atoms. The van der Waals surface area contributed by atoms with Crippen molar-refractivity contribution in [1.29, 1.82) is 0 Å². The number of carbonyl (C=O) groups is 1. The Morgan fingerprint density at radius 2 is 1.27 bits per heavy atom. The van der Waals surface area contributed by atoms with Gasteiger partial charge in [-0.25, -0.2) is 18.0 Å². The Hall–Kier alpha value is -2.86. The first kappa shape index (κ1) is 32.2. The third-order valence-electron chi connectivity index (χ3n) is 4.20. The van der Waals surface area contributed by atoms with Gasteiger partial charge in [0.2, 0.25) is 17.5 Å². The average Bonchev–Trinajstić information content (AvgIpc) is 2.76. The van der Waals surface area contributed by atoms with Crippen molar-refractivity contribution in [1.82, 2.24) is 4.90 Å². The molecule has 1 aromatic carbocycles. The first-order valence-corrected chi connectivity index (χ1v) is 9.15. The fourth-order valence-electron chi connectivity index (χ4n) is 2.28. The maximum absolute atomic E-state index is 14.1. The number of halogens is 15. The Labute approximate surface area is 196 Å². The van der Waals surface area contributed by atoms with Gasteiger partial charge in [0, 0.05) is 6.54 Å². The maximum atomic E-state index is 14.1. The van der Waals surface area contributed by atoms with Crippen molar-refractivity contribution in [2.45, 2.75) is 30.4 Å². The molecule has 19 heteroatoms. The molecule has 0 saturated carbocycles. The number of rotatable bonds is 10. The Bertz CT molecular complexity index is 1050. The quantitative estimate of drug-likeness (QED) is 0.0820. The number of ether oxygens (including phenoxy) is 2. The zero-order valence-electron chi connectivity index (χ0n) is 18.0. The number of esters is 1. The van der Waals surface area contributed by atoms with Crippen LogP contribution in [0.1, 0.15) is 16.8 Å². The van der Waals surface area contributed by atoms with Crippen molar-refractivity contribution >= 4 is 5.97 Å². The summed E-state index contributed by atoms with van der Waals surface area (Å²) in [5.74, 6) is -43.7. The van der Waals surface area contributed by atoms with Gasteiger partial charge >= 0.3 is 35.9 Å². The second kappa shape index (κ2) is 10.9. The van der Waals surface area contributed by atoms with E-state index in [1.807, 2.05) is 0 Å². The van der Waals surface area contributed by atoms with E-state index in [0.29, 0.717) is 0 Å². The Kier molecular flexibility index (Phi) is 9.44. The molecule has 0 aliphatic carbocycles. The van der Waals surface area contributed by atoms with Crippen molar-refractivity contribution in [3.8, 4) is 5.75 Å². The van der Waals surface area contributed by atoms with Crippen LogP contribution in [0.15, 0.2) is 11.8 Å². The molecule has 0 unspecified atom stereocenters. The van der Waals surface area contributed by atoms with Crippen molar-refractivity contribution in [2.75, 3.05) is 27.2 Å². The van der Waals surface area contributed by atoms with E-state index in [0.717, 1.165) is 0 Å². The molecule has 0 saturated heterocycles. The molecule has 0 aliphatic rings. The molecule has 0 aromatic heterocycles. The van der Waals surface area contributed by atoms with Gasteiger partial charge in [-0.2, -0.15) is 52.7 Å². The Balaban J connectivity index is 3.59.